The molecule has 1 saturated heterocycles. The van der Waals surface area contributed by atoms with Gasteiger partial charge < -0.3 is 0 Å². The Hall–Kier alpha value is -0.370. The quantitative estimate of drug-likeness (QED) is 0.573. The number of carbonyl (C=O) groups excluding carboxylic acids is 1. The van der Waals surface area contributed by atoms with Gasteiger partial charge in [0.1, 0.15) is 5.78 Å². The first-order valence-corrected chi connectivity index (χ1v) is 5.12. The molecule has 0 radical (unpaired) electrons. The highest BCUT2D eigenvalue weighted by Crippen LogP contribution is 2.25. The fourth-order valence-corrected chi connectivity index (χ4v) is 2.10. The summed E-state index contributed by atoms with van der Waals surface area (Å²) in [4.78, 5) is 13.9. The van der Waals surface area contributed by atoms with Gasteiger partial charge in [0.05, 0.1) is 6.04 Å². The van der Waals surface area contributed by atoms with Crippen LogP contribution in [0.25, 0.3) is 0 Å². The smallest absolute Gasteiger partial charge is 0.150 e. The predicted molar refractivity (Wildman–Crippen MR) is 54.7 cm³/mol. The number of likely N-dealkylation sites (tertiary alicyclic amines) is 1. The monoisotopic (exact) mass is 183 g/mol. The van der Waals surface area contributed by atoms with Crippen LogP contribution in [0, 0.1) is 5.92 Å². The first-order valence-electron chi connectivity index (χ1n) is 5.12. The Morgan fingerprint density at radius 3 is 2.31 bits per heavy atom. The van der Waals surface area contributed by atoms with E-state index in [1.165, 1.54) is 0 Å². The second-order valence-corrected chi connectivity index (χ2v) is 5.27. The third-order valence-electron chi connectivity index (χ3n) is 2.85. The molecule has 1 rings (SSSR count). The molecule has 1 aliphatic heterocycles. The van der Waals surface area contributed by atoms with E-state index in [9.17, 15) is 4.79 Å². The van der Waals surface area contributed by atoms with Crippen LogP contribution >= 0.6 is 0 Å². The van der Waals surface area contributed by atoms with Gasteiger partial charge in [-0.15, -0.1) is 0 Å². The maximum absolute atomic E-state index is 11.6. The topological polar surface area (TPSA) is 20.3 Å². The van der Waals surface area contributed by atoms with Gasteiger partial charge in [0.25, 0.3) is 0 Å². The molecule has 1 fully saturated rings. The maximum Gasteiger partial charge on any atom is 0.150 e. The van der Waals surface area contributed by atoms with Gasteiger partial charge in [-0.05, 0) is 33.6 Å². The van der Waals surface area contributed by atoms with Crippen LogP contribution in [0.5, 0.6) is 0 Å². The van der Waals surface area contributed by atoms with E-state index >= 15 is 0 Å². The van der Waals surface area contributed by atoms with E-state index in [0.29, 0.717) is 11.7 Å². The first-order chi connectivity index (χ1) is 5.82. The average Bonchev–Trinajstić information content (AvgIpc) is 1.94. The summed E-state index contributed by atoms with van der Waals surface area (Å²) < 4.78 is 0. The molecule has 0 aromatic heterocycles. The molecule has 0 spiro atoms. The van der Waals surface area contributed by atoms with Crippen molar-refractivity contribution in [2.24, 2.45) is 5.92 Å². The average molecular weight is 183 g/mol. The van der Waals surface area contributed by atoms with Gasteiger partial charge in [-0.3, -0.25) is 9.69 Å². The van der Waals surface area contributed by atoms with Crippen molar-refractivity contribution in [3.05, 3.63) is 0 Å². The fraction of sp³-hybridized carbons (Fsp3) is 0.909. The van der Waals surface area contributed by atoms with Crippen LogP contribution in [0.1, 0.15) is 41.0 Å². The molecular weight excluding hydrogens is 162 g/mol. The predicted octanol–water partition coefficient (Wildman–Crippen LogP) is 2.08. The molecule has 1 aliphatic rings. The van der Waals surface area contributed by atoms with Gasteiger partial charge in [-0.1, -0.05) is 6.92 Å². The van der Waals surface area contributed by atoms with Crippen LogP contribution in [-0.4, -0.2) is 28.8 Å². The summed E-state index contributed by atoms with van der Waals surface area (Å²) in [6.45, 7) is 11.8. The Labute approximate surface area is 81.3 Å². The molecule has 0 unspecified atom stereocenters. The molecule has 2 atom stereocenters. The Bertz CT molecular complexity index is 205. The highest BCUT2D eigenvalue weighted by atomic mass is 16.1. The summed E-state index contributed by atoms with van der Waals surface area (Å²) in [5.74, 6) is 0.914. The van der Waals surface area contributed by atoms with Gasteiger partial charge in [-0.2, -0.15) is 0 Å². The number of piperidine rings is 1. The van der Waals surface area contributed by atoms with E-state index in [0.717, 1.165) is 13.0 Å². The van der Waals surface area contributed by atoms with Crippen molar-refractivity contribution in [1.29, 1.82) is 0 Å². The minimum absolute atomic E-state index is 0.108. The van der Waals surface area contributed by atoms with Gasteiger partial charge in [0.2, 0.25) is 0 Å². The molecular formula is C11H21NO. The van der Waals surface area contributed by atoms with Crippen LogP contribution in [0.15, 0.2) is 0 Å². The van der Waals surface area contributed by atoms with Crippen LogP contribution in [0.4, 0.5) is 0 Å². The van der Waals surface area contributed by atoms with Crippen molar-refractivity contribution in [3.63, 3.8) is 0 Å². The van der Waals surface area contributed by atoms with Gasteiger partial charge in [-0.25, -0.2) is 0 Å². The molecule has 0 aliphatic carbocycles. The molecule has 2 nitrogen and oxygen atoms in total. The Morgan fingerprint density at radius 2 is 1.85 bits per heavy atom. The lowest BCUT2D eigenvalue weighted by molar-refractivity contribution is -0.131. The number of Topliss-reactive ketones (excluding diaryl/α,β-unsaturated/α-hetero) is 1. The SMILES string of the molecule is C[C@H]1CC(=O)[C@H](C)N(C(C)(C)C)C1. The number of nitrogens with zero attached hydrogens (tertiary/aromatic N) is 1. The lowest BCUT2D eigenvalue weighted by Gasteiger charge is -2.44. The zero-order valence-corrected chi connectivity index (χ0v) is 9.42. The Kier molecular flexibility index (Phi) is 2.81. The van der Waals surface area contributed by atoms with E-state index in [-0.39, 0.29) is 11.6 Å². The first kappa shape index (κ1) is 10.7. The van der Waals surface area contributed by atoms with E-state index in [1.807, 2.05) is 6.92 Å². The molecule has 76 valence electrons. The summed E-state index contributed by atoms with van der Waals surface area (Å²) in [6, 6.07) is 0.108. The second kappa shape index (κ2) is 3.41. The summed E-state index contributed by atoms with van der Waals surface area (Å²) in [6.07, 6.45) is 0.758. The van der Waals surface area contributed by atoms with Crippen molar-refractivity contribution in [2.45, 2.75) is 52.6 Å². The number of hydrogen-bond donors (Lipinski definition) is 0. The number of carbonyl (C=O) groups is 1. The van der Waals surface area contributed by atoms with E-state index in [2.05, 4.69) is 32.6 Å². The zero-order valence-electron chi connectivity index (χ0n) is 9.42. The standard InChI is InChI=1S/C11H21NO/c1-8-6-10(13)9(2)12(7-8)11(3,4)5/h8-9H,6-7H2,1-5H3/t8-,9-/m0/s1. The molecule has 0 bridgehead atoms. The number of ketones is 1. The number of rotatable bonds is 0. The molecule has 13 heavy (non-hydrogen) atoms. The highest BCUT2D eigenvalue weighted by molar-refractivity contribution is 5.84. The summed E-state index contributed by atoms with van der Waals surface area (Å²) in [5, 5.41) is 0. The summed E-state index contributed by atoms with van der Waals surface area (Å²) in [7, 11) is 0. The van der Waals surface area contributed by atoms with Crippen molar-refractivity contribution in [2.75, 3.05) is 6.54 Å². The third-order valence-corrected chi connectivity index (χ3v) is 2.85. The lowest BCUT2D eigenvalue weighted by atomic mass is 9.89. The molecule has 2 heteroatoms. The van der Waals surface area contributed by atoms with Crippen LogP contribution in [0.2, 0.25) is 0 Å². The second-order valence-electron chi connectivity index (χ2n) is 5.27. The van der Waals surface area contributed by atoms with Gasteiger partial charge in [0.15, 0.2) is 0 Å². The molecule has 0 aromatic carbocycles. The molecule has 0 amide bonds. The third kappa shape index (κ3) is 2.31. The maximum atomic E-state index is 11.6. The van der Waals surface area contributed by atoms with E-state index in [4.69, 9.17) is 0 Å². The summed E-state index contributed by atoms with van der Waals surface area (Å²) in [5.41, 5.74) is 0.115. The molecule has 0 N–H and O–H groups in total. The summed E-state index contributed by atoms with van der Waals surface area (Å²) >= 11 is 0. The zero-order chi connectivity index (χ0) is 10.2. The number of hydrogen-bond acceptors (Lipinski definition) is 2. The van der Waals surface area contributed by atoms with Crippen molar-refractivity contribution in [3.8, 4) is 0 Å². The highest BCUT2D eigenvalue weighted by Gasteiger charge is 2.35. The van der Waals surface area contributed by atoms with Crippen LogP contribution in [0.3, 0.4) is 0 Å². The van der Waals surface area contributed by atoms with E-state index < -0.39 is 0 Å². The van der Waals surface area contributed by atoms with Crippen LogP contribution in [-0.2, 0) is 4.79 Å². The fourth-order valence-electron chi connectivity index (χ4n) is 2.10. The normalized spacial score (nSPS) is 32.2. The van der Waals surface area contributed by atoms with Crippen molar-refractivity contribution < 1.29 is 4.79 Å². The molecule has 0 aromatic rings. The minimum Gasteiger partial charge on any atom is -0.298 e. The van der Waals surface area contributed by atoms with Crippen LogP contribution < -0.4 is 0 Å². The Morgan fingerprint density at radius 1 is 1.31 bits per heavy atom. The van der Waals surface area contributed by atoms with E-state index in [1.54, 1.807) is 0 Å². The lowest BCUT2D eigenvalue weighted by Crippen LogP contribution is -2.55. The van der Waals surface area contributed by atoms with Crippen molar-refractivity contribution >= 4 is 5.78 Å². The van der Waals surface area contributed by atoms with Gasteiger partial charge >= 0.3 is 0 Å². The Balaban J connectivity index is 2.78. The molecule has 0 saturated carbocycles. The van der Waals surface area contributed by atoms with Gasteiger partial charge in [0, 0.05) is 18.5 Å². The van der Waals surface area contributed by atoms with Crippen molar-refractivity contribution in [1.82, 2.24) is 4.90 Å². The largest absolute Gasteiger partial charge is 0.298 e. The minimum atomic E-state index is 0.108. The molecule has 1 heterocycles.